The molecule has 0 spiro atoms. The average molecular weight is 362 g/mol. The fourth-order valence-corrected chi connectivity index (χ4v) is 2.76. The van der Waals surface area contributed by atoms with Gasteiger partial charge in [0.05, 0.1) is 12.7 Å². The van der Waals surface area contributed by atoms with Gasteiger partial charge < -0.3 is 15.4 Å². The first kappa shape index (κ1) is 18.4. The predicted molar refractivity (Wildman–Crippen MR) is 107 cm³/mol. The van der Waals surface area contributed by atoms with Gasteiger partial charge in [0.15, 0.2) is 0 Å². The molecule has 27 heavy (non-hydrogen) atoms. The number of nitrogens with one attached hydrogen (secondary N) is 2. The number of anilines is 4. The van der Waals surface area contributed by atoms with E-state index < -0.39 is 0 Å². The number of methoxy groups -OCH3 is 1. The van der Waals surface area contributed by atoms with Gasteiger partial charge in [-0.15, -0.1) is 0 Å². The lowest BCUT2D eigenvalue weighted by Gasteiger charge is -2.14. The van der Waals surface area contributed by atoms with E-state index >= 15 is 0 Å². The second kappa shape index (κ2) is 8.31. The van der Waals surface area contributed by atoms with Crippen molar-refractivity contribution in [2.24, 2.45) is 0 Å². The lowest BCUT2D eigenvalue weighted by molar-refractivity contribution is 0.0601. The number of aryl methyl sites for hydroxylation is 2. The SMILES string of the molecule is CCc1cccc(C)c1Nc1ccnc(Nc2ccc(C(=O)OC)cc2)n1. The van der Waals surface area contributed by atoms with Crippen molar-refractivity contribution in [2.75, 3.05) is 17.7 Å². The monoisotopic (exact) mass is 362 g/mol. The standard InChI is InChI=1S/C21H22N4O2/c1-4-15-7-5-6-14(2)19(15)24-18-12-13-22-21(25-18)23-17-10-8-16(9-11-17)20(26)27-3/h5-13H,4H2,1-3H3,(H2,22,23,24,25). The van der Waals surface area contributed by atoms with Crippen molar-refractivity contribution in [3.8, 4) is 0 Å². The molecule has 0 unspecified atom stereocenters. The first-order chi connectivity index (χ1) is 13.1. The Morgan fingerprint density at radius 3 is 2.56 bits per heavy atom. The number of nitrogens with zero attached hydrogens (tertiary/aromatic N) is 2. The number of carbonyl (C=O) groups is 1. The molecule has 0 fully saturated rings. The highest BCUT2D eigenvalue weighted by molar-refractivity contribution is 5.89. The van der Waals surface area contributed by atoms with E-state index in [0.717, 1.165) is 17.8 Å². The Morgan fingerprint density at radius 1 is 1.07 bits per heavy atom. The molecule has 1 aromatic heterocycles. The minimum atomic E-state index is -0.367. The number of rotatable bonds is 6. The Labute approximate surface area is 158 Å². The van der Waals surface area contributed by atoms with Crippen LogP contribution in [-0.4, -0.2) is 23.0 Å². The summed E-state index contributed by atoms with van der Waals surface area (Å²) in [4.78, 5) is 20.3. The van der Waals surface area contributed by atoms with Gasteiger partial charge >= 0.3 is 5.97 Å². The fourth-order valence-electron chi connectivity index (χ4n) is 2.76. The van der Waals surface area contributed by atoms with Crippen LogP contribution in [0.15, 0.2) is 54.7 Å². The van der Waals surface area contributed by atoms with Gasteiger partial charge in [-0.25, -0.2) is 9.78 Å². The third kappa shape index (κ3) is 4.41. The van der Waals surface area contributed by atoms with E-state index in [2.05, 4.69) is 52.6 Å². The molecule has 0 atom stereocenters. The molecule has 3 aromatic rings. The molecule has 0 aliphatic carbocycles. The van der Waals surface area contributed by atoms with Gasteiger partial charge in [-0.1, -0.05) is 25.1 Å². The molecular formula is C21H22N4O2. The topological polar surface area (TPSA) is 76.1 Å². The van der Waals surface area contributed by atoms with Crippen LogP contribution < -0.4 is 10.6 Å². The number of benzene rings is 2. The van der Waals surface area contributed by atoms with Crippen molar-refractivity contribution in [3.05, 3.63) is 71.4 Å². The predicted octanol–water partition coefficient (Wildman–Crippen LogP) is 4.62. The van der Waals surface area contributed by atoms with Crippen LogP contribution >= 0.6 is 0 Å². The number of hydrogen-bond donors (Lipinski definition) is 2. The molecule has 2 aromatic carbocycles. The van der Waals surface area contributed by atoms with Crippen LogP contribution in [0, 0.1) is 6.92 Å². The maximum Gasteiger partial charge on any atom is 0.337 e. The zero-order valence-corrected chi connectivity index (χ0v) is 15.6. The Kier molecular flexibility index (Phi) is 5.66. The number of ether oxygens (including phenoxy) is 1. The summed E-state index contributed by atoms with van der Waals surface area (Å²) in [5, 5.41) is 6.54. The van der Waals surface area contributed by atoms with Crippen molar-refractivity contribution in [1.82, 2.24) is 9.97 Å². The van der Waals surface area contributed by atoms with E-state index in [1.165, 1.54) is 18.2 Å². The van der Waals surface area contributed by atoms with Crippen LogP contribution in [0.5, 0.6) is 0 Å². The van der Waals surface area contributed by atoms with Crippen LogP contribution in [0.1, 0.15) is 28.4 Å². The van der Waals surface area contributed by atoms with Gasteiger partial charge in [0.1, 0.15) is 5.82 Å². The zero-order chi connectivity index (χ0) is 19.2. The molecule has 0 aliphatic rings. The summed E-state index contributed by atoms with van der Waals surface area (Å²) < 4.78 is 4.70. The van der Waals surface area contributed by atoms with Gasteiger partial charge in [0.25, 0.3) is 0 Å². The summed E-state index contributed by atoms with van der Waals surface area (Å²) in [7, 11) is 1.36. The van der Waals surface area contributed by atoms with Gasteiger partial charge in [0.2, 0.25) is 5.95 Å². The normalized spacial score (nSPS) is 10.3. The van der Waals surface area contributed by atoms with Crippen molar-refractivity contribution >= 4 is 29.1 Å². The summed E-state index contributed by atoms with van der Waals surface area (Å²) >= 11 is 0. The summed E-state index contributed by atoms with van der Waals surface area (Å²) in [6.45, 7) is 4.20. The van der Waals surface area contributed by atoms with E-state index in [9.17, 15) is 4.79 Å². The maximum atomic E-state index is 11.5. The highest BCUT2D eigenvalue weighted by atomic mass is 16.5. The Balaban J connectivity index is 1.77. The van der Waals surface area contributed by atoms with Crippen LogP contribution in [0.25, 0.3) is 0 Å². The largest absolute Gasteiger partial charge is 0.465 e. The number of hydrogen-bond acceptors (Lipinski definition) is 6. The summed E-state index contributed by atoms with van der Waals surface area (Å²) in [6.07, 6.45) is 2.64. The molecule has 1 heterocycles. The van der Waals surface area contributed by atoms with E-state index in [1.54, 1.807) is 30.5 Å². The summed E-state index contributed by atoms with van der Waals surface area (Å²) in [5.41, 5.74) is 4.76. The molecule has 0 aliphatic heterocycles. The summed E-state index contributed by atoms with van der Waals surface area (Å²) in [6, 6.07) is 15.0. The van der Waals surface area contributed by atoms with Crippen LogP contribution in [0.2, 0.25) is 0 Å². The Morgan fingerprint density at radius 2 is 1.85 bits per heavy atom. The highest BCUT2D eigenvalue weighted by Gasteiger charge is 2.08. The number of esters is 1. The van der Waals surface area contributed by atoms with E-state index in [1.807, 2.05) is 6.07 Å². The zero-order valence-electron chi connectivity index (χ0n) is 15.6. The molecule has 0 saturated heterocycles. The molecule has 0 radical (unpaired) electrons. The minimum absolute atomic E-state index is 0.367. The van der Waals surface area contributed by atoms with E-state index in [-0.39, 0.29) is 5.97 Å². The van der Waals surface area contributed by atoms with Crippen molar-refractivity contribution in [3.63, 3.8) is 0 Å². The van der Waals surface area contributed by atoms with Crippen molar-refractivity contribution in [2.45, 2.75) is 20.3 Å². The molecule has 3 rings (SSSR count). The molecule has 0 amide bonds. The lowest BCUT2D eigenvalue weighted by atomic mass is 10.1. The molecule has 138 valence electrons. The number of para-hydroxylation sites is 1. The molecule has 0 saturated carbocycles. The lowest BCUT2D eigenvalue weighted by Crippen LogP contribution is -2.04. The highest BCUT2D eigenvalue weighted by Crippen LogP contribution is 2.25. The summed E-state index contributed by atoms with van der Waals surface area (Å²) in [5.74, 6) is 0.814. The average Bonchev–Trinajstić information content (AvgIpc) is 2.70. The third-order valence-corrected chi connectivity index (χ3v) is 4.21. The van der Waals surface area contributed by atoms with Crippen LogP contribution in [-0.2, 0) is 11.2 Å². The van der Waals surface area contributed by atoms with Gasteiger partial charge in [0, 0.05) is 17.6 Å². The van der Waals surface area contributed by atoms with Crippen LogP contribution in [0.4, 0.5) is 23.1 Å². The first-order valence-corrected chi connectivity index (χ1v) is 8.74. The molecule has 2 N–H and O–H groups in total. The molecule has 6 heteroatoms. The van der Waals surface area contributed by atoms with E-state index in [4.69, 9.17) is 4.74 Å². The fraction of sp³-hybridized carbons (Fsp3) is 0.190. The molecule has 6 nitrogen and oxygen atoms in total. The quantitative estimate of drug-likeness (QED) is 0.623. The van der Waals surface area contributed by atoms with Crippen molar-refractivity contribution in [1.29, 1.82) is 0 Å². The Bertz CT molecular complexity index is 939. The van der Waals surface area contributed by atoms with Gasteiger partial charge in [-0.05, 0) is 54.8 Å². The molecular weight excluding hydrogens is 340 g/mol. The maximum absolute atomic E-state index is 11.5. The van der Waals surface area contributed by atoms with Gasteiger partial charge in [-0.3, -0.25) is 0 Å². The smallest absolute Gasteiger partial charge is 0.337 e. The number of carbonyl (C=O) groups excluding carboxylic acids is 1. The minimum Gasteiger partial charge on any atom is -0.465 e. The Hall–Kier alpha value is -3.41. The van der Waals surface area contributed by atoms with Crippen LogP contribution in [0.3, 0.4) is 0 Å². The second-order valence-corrected chi connectivity index (χ2v) is 6.05. The second-order valence-electron chi connectivity index (χ2n) is 6.05. The third-order valence-electron chi connectivity index (χ3n) is 4.21. The van der Waals surface area contributed by atoms with E-state index in [0.29, 0.717) is 17.3 Å². The number of aromatic nitrogens is 2. The van der Waals surface area contributed by atoms with Gasteiger partial charge in [-0.2, -0.15) is 4.98 Å². The van der Waals surface area contributed by atoms with Crippen molar-refractivity contribution < 1.29 is 9.53 Å². The molecule has 0 bridgehead atoms. The first-order valence-electron chi connectivity index (χ1n) is 8.74.